The third kappa shape index (κ3) is 5.11. The summed E-state index contributed by atoms with van der Waals surface area (Å²) in [6.07, 6.45) is 2.64. The van der Waals surface area contributed by atoms with Crippen molar-refractivity contribution >= 4 is 17.7 Å². The molecule has 1 aromatic carbocycles. The molecule has 0 radical (unpaired) electrons. The normalized spacial score (nSPS) is 10.3. The van der Waals surface area contributed by atoms with Crippen molar-refractivity contribution in [1.29, 1.82) is 0 Å². The Morgan fingerprint density at radius 3 is 2.52 bits per heavy atom. The van der Waals surface area contributed by atoms with E-state index in [4.69, 9.17) is 0 Å². The molecule has 1 amide bonds. The fraction of sp³-hybridized carbons (Fsp3) is 0.250. The summed E-state index contributed by atoms with van der Waals surface area (Å²) in [5.74, 6) is 1.65. The van der Waals surface area contributed by atoms with Gasteiger partial charge in [-0.3, -0.25) is 4.79 Å². The molecular formula is C16H18N2O2S. The summed E-state index contributed by atoms with van der Waals surface area (Å²) in [6, 6.07) is 11.5. The molecule has 1 heterocycles. The number of benzene rings is 1. The highest BCUT2D eigenvalue weighted by Gasteiger charge is 2.05. The summed E-state index contributed by atoms with van der Waals surface area (Å²) >= 11 is 1.78. The van der Waals surface area contributed by atoms with E-state index in [0.29, 0.717) is 16.8 Å². The molecule has 0 aliphatic rings. The number of rotatable bonds is 6. The van der Waals surface area contributed by atoms with Crippen LogP contribution in [0.5, 0.6) is 0 Å². The van der Waals surface area contributed by atoms with Crippen LogP contribution in [0.3, 0.4) is 0 Å². The van der Waals surface area contributed by atoms with E-state index in [-0.39, 0.29) is 5.91 Å². The lowest BCUT2D eigenvalue weighted by Gasteiger charge is -2.05. The van der Waals surface area contributed by atoms with Crippen molar-refractivity contribution < 1.29 is 9.52 Å². The van der Waals surface area contributed by atoms with Gasteiger partial charge in [-0.2, -0.15) is 16.5 Å². The van der Waals surface area contributed by atoms with Gasteiger partial charge >= 0.3 is 0 Å². The average molecular weight is 302 g/mol. The summed E-state index contributed by atoms with van der Waals surface area (Å²) in [4.78, 5) is 11.8. The second kappa shape index (κ2) is 7.69. The highest BCUT2D eigenvalue weighted by atomic mass is 32.2. The molecule has 110 valence electrons. The lowest BCUT2D eigenvalue weighted by molar-refractivity contribution is -0.605. The molecule has 4 nitrogen and oxygen atoms in total. The van der Waals surface area contributed by atoms with Crippen LogP contribution < -0.4 is 10.0 Å². The minimum atomic E-state index is -0.147. The van der Waals surface area contributed by atoms with Gasteiger partial charge in [0.15, 0.2) is 12.4 Å². The maximum absolute atomic E-state index is 11.8. The maximum atomic E-state index is 11.8. The van der Waals surface area contributed by atoms with Gasteiger partial charge in [-0.25, -0.2) is 0 Å². The third-order valence-corrected chi connectivity index (χ3v) is 4.02. The molecule has 0 saturated heterocycles. The number of aryl methyl sites for hydroxylation is 1. The van der Waals surface area contributed by atoms with Crippen molar-refractivity contribution in [2.24, 2.45) is 0 Å². The molecule has 0 aliphatic carbocycles. The third-order valence-electron chi connectivity index (χ3n) is 2.99. The highest BCUT2D eigenvalue weighted by molar-refractivity contribution is 7.98. The van der Waals surface area contributed by atoms with Crippen LogP contribution in [-0.2, 0) is 5.75 Å². The fourth-order valence-corrected chi connectivity index (χ4v) is 2.60. The molecule has 1 aromatic heterocycles. The minimum Gasteiger partial charge on any atom is -0.619 e. The number of pyridine rings is 1. The molecular weight excluding hydrogens is 284 g/mol. The van der Waals surface area contributed by atoms with Gasteiger partial charge in [-0.15, -0.1) is 0 Å². The minimum absolute atomic E-state index is 0.147. The number of thioether (sulfide) groups is 1. The first-order valence-corrected chi connectivity index (χ1v) is 7.91. The molecule has 0 bridgehead atoms. The number of amides is 1. The lowest BCUT2D eigenvalue weighted by Crippen LogP contribution is -2.28. The van der Waals surface area contributed by atoms with Crippen molar-refractivity contribution in [3.63, 3.8) is 0 Å². The van der Waals surface area contributed by atoms with Crippen LogP contribution in [0.2, 0.25) is 0 Å². The van der Waals surface area contributed by atoms with Crippen molar-refractivity contribution in [2.75, 3.05) is 12.3 Å². The van der Waals surface area contributed by atoms with Crippen LogP contribution in [-0.4, -0.2) is 18.2 Å². The Hall–Kier alpha value is -2.01. The van der Waals surface area contributed by atoms with Gasteiger partial charge in [0.25, 0.3) is 5.91 Å². The van der Waals surface area contributed by atoms with Gasteiger partial charge in [0.1, 0.15) is 0 Å². The van der Waals surface area contributed by atoms with E-state index in [9.17, 15) is 10.0 Å². The summed E-state index contributed by atoms with van der Waals surface area (Å²) in [5, 5.41) is 13.7. The second-order valence-electron chi connectivity index (χ2n) is 4.74. The Balaban J connectivity index is 1.66. The highest BCUT2D eigenvalue weighted by Crippen LogP contribution is 2.12. The molecule has 5 heteroatoms. The van der Waals surface area contributed by atoms with Crippen LogP contribution in [0.4, 0.5) is 0 Å². The Bertz CT molecular complexity index is 582. The molecule has 0 spiro atoms. The number of aromatic nitrogens is 1. The van der Waals surface area contributed by atoms with Crippen LogP contribution >= 0.6 is 11.8 Å². The van der Waals surface area contributed by atoms with Crippen molar-refractivity contribution in [2.45, 2.75) is 12.7 Å². The first kappa shape index (κ1) is 15.4. The summed E-state index contributed by atoms with van der Waals surface area (Å²) < 4.78 is 0.661. The smallest absolute Gasteiger partial charge is 0.251 e. The SMILES string of the molecule is Cc1ccc(CSCCNC(=O)c2cc[n+]([O-])cc2)cc1. The van der Waals surface area contributed by atoms with Gasteiger partial charge < -0.3 is 10.5 Å². The number of carbonyl (C=O) groups excluding carboxylic acids is 1. The lowest BCUT2D eigenvalue weighted by atomic mass is 10.2. The van der Waals surface area contributed by atoms with Gasteiger partial charge in [-0.05, 0) is 12.5 Å². The Kier molecular flexibility index (Phi) is 5.63. The topological polar surface area (TPSA) is 56.0 Å². The monoisotopic (exact) mass is 302 g/mol. The van der Waals surface area contributed by atoms with E-state index >= 15 is 0 Å². The first-order valence-electron chi connectivity index (χ1n) is 6.75. The predicted molar refractivity (Wildman–Crippen MR) is 85.1 cm³/mol. The predicted octanol–water partition coefficient (Wildman–Crippen LogP) is 2.29. The Morgan fingerprint density at radius 1 is 1.19 bits per heavy atom. The van der Waals surface area contributed by atoms with Gasteiger partial charge in [0.2, 0.25) is 0 Å². The molecule has 0 unspecified atom stereocenters. The number of hydrogen-bond acceptors (Lipinski definition) is 3. The number of carbonyl (C=O) groups is 1. The van der Waals surface area contributed by atoms with E-state index < -0.39 is 0 Å². The molecule has 0 saturated carbocycles. The van der Waals surface area contributed by atoms with Crippen molar-refractivity contribution in [3.05, 3.63) is 70.7 Å². The zero-order valence-electron chi connectivity index (χ0n) is 11.9. The molecule has 21 heavy (non-hydrogen) atoms. The average Bonchev–Trinajstić information content (AvgIpc) is 2.49. The maximum Gasteiger partial charge on any atom is 0.251 e. The fourth-order valence-electron chi connectivity index (χ4n) is 1.78. The number of hydrogen-bond donors (Lipinski definition) is 1. The zero-order valence-corrected chi connectivity index (χ0v) is 12.7. The van der Waals surface area contributed by atoms with Gasteiger partial charge in [0, 0.05) is 30.2 Å². The molecule has 0 aliphatic heterocycles. The number of nitrogens with one attached hydrogen (secondary N) is 1. The van der Waals surface area contributed by atoms with Gasteiger partial charge in [-0.1, -0.05) is 29.8 Å². The summed E-state index contributed by atoms with van der Waals surface area (Å²) in [6.45, 7) is 2.69. The van der Waals surface area contributed by atoms with Crippen molar-refractivity contribution in [1.82, 2.24) is 5.32 Å². The summed E-state index contributed by atoms with van der Waals surface area (Å²) in [5.41, 5.74) is 3.06. The molecule has 0 fully saturated rings. The molecule has 0 atom stereocenters. The molecule has 2 aromatic rings. The van der Waals surface area contributed by atoms with Crippen molar-refractivity contribution in [3.8, 4) is 0 Å². The second-order valence-corrected chi connectivity index (χ2v) is 5.85. The van der Waals surface area contributed by atoms with Gasteiger partial charge in [0.05, 0.1) is 5.56 Å². The van der Waals surface area contributed by atoms with Crippen LogP contribution in [0.1, 0.15) is 21.5 Å². The Labute approximate surface area is 128 Å². The number of nitrogens with zero attached hydrogens (tertiary/aromatic N) is 1. The van der Waals surface area contributed by atoms with Crippen LogP contribution in [0.25, 0.3) is 0 Å². The van der Waals surface area contributed by atoms with Crippen LogP contribution in [0, 0.1) is 12.1 Å². The van der Waals surface area contributed by atoms with E-state index in [1.807, 2.05) is 0 Å². The first-order chi connectivity index (χ1) is 10.1. The van der Waals surface area contributed by atoms with E-state index in [1.165, 1.54) is 35.7 Å². The summed E-state index contributed by atoms with van der Waals surface area (Å²) in [7, 11) is 0. The zero-order chi connectivity index (χ0) is 15.1. The Morgan fingerprint density at radius 2 is 1.86 bits per heavy atom. The van der Waals surface area contributed by atoms with E-state index in [0.717, 1.165) is 11.5 Å². The van der Waals surface area contributed by atoms with E-state index in [1.54, 1.807) is 11.8 Å². The molecule has 1 N–H and O–H groups in total. The van der Waals surface area contributed by atoms with E-state index in [2.05, 4.69) is 36.5 Å². The largest absolute Gasteiger partial charge is 0.619 e. The molecule has 2 rings (SSSR count). The van der Waals surface area contributed by atoms with Crippen LogP contribution in [0.15, 0.2) is 48.8 Å². The standard InChI is InChI=1S/C16H18N2O2S/c1-13-2-4-14(5-3-13)12-21-11-8-17-16(19)15-6-9-18(20)10-7-15/h2-7,9-10H,8,11-12H2,1H3,(H,17,19). The quantitative estimate of drug-likeness (QED) is 0.506.